The Bertz CT molecular complexity index is 970. The van der Waals surface area contributed by atoms with Gasteiger partial charge in [-0.25, -0.2) is 4.39 Å². The Morgan fingerprint density at radius 2 is 1.54 bits per heavy atom. The highest BCUT2D eigenvalue weighted by Crippen LogP contribution is 2.22. The van der Waals surface area contributed by atoms with Crippen LogP contribution in [0.3, 0.4) is 0 Å². The summed E-state index contributed by atoms with van der Waals surface area (Å²) in [6.07, 6.45) is 0. The van der Waals surface area contributed by atoms with Crippen LogP contribution in [0.15, 0.2) is 54.6 Å². The van der Waals surface area contributed by atoms with E-state index in [4.69, 9.17) is 0 Å². The number of carbonyl (C=O) groups is 2. The van der Waals surface area contributed by atoms with Crippen molar-refractivity contribution in [3.63, 3.8) is 0 Å². The van der Waals surface area contributed by atoms with E-state index < -0.39 is 17.5 Å². The molecule has 1 amide bonds. The number of nitrogens with zero attached hydrogens (tertiary/aromatic N) is 1. The molecule has 132 valence electrons. The van der Waals surface area contributed by atoms with Gasteiger partial charge in [0.15, 0.2) is 0 Å². The molecule has 3 aromatic rings. The number of halogens is 1. The molecule has 0 aliphatic heterocycles. The first-order chi connectivity index (χ1) is 12.4. The molecular weight excluding hydrogens is 331 g/mol. The first-order valence-corrected chi connectivity index (χ1v) is 8.24. The lowest BCUT2D eigenvalue weighted by Gasteiger charge is -2.10. The number of Topliss-reactive ketones (excluding diaryl/α,β-unsaturated/α-hetero) is 1. The molecule has 0 spiro atoms. The summed E-state index contributed by atoms with van der Waals surface area (Å²) in [6.45, 7) is 5.71. The van der Waals surface area contributed by atoms with Gasteiger partial charge < -0.3 is 9.88 Å². The van der Waals surface area contributed by atoms with Gasteiger partial charge in [-0.2, -0.15) is 0 Å². The Morgan fingerprint density at radius 1 is 0.923 bits per heavy atom. The van der Waals surface area contributed by atoms with Crippen molar-refractivity contribution in [1.82, 2.24) is 4.57 Å². The maximum Gasteiger partial charge on any atom is 0.296 e. The van der Waals surface area contributed by atoms with E-state index >= 15 is 0 Å². The number of anilines is 1. The topological polar surface area (TPSA) is 51.1 Å². The Hall–Kier alpha value is -3.21. The summed E-state index contributed by atoms with van der Waals surface area (Å²) >= 11 is 0. The summed E-state index contributed by atoms with van der Waals surface area (Å²) in [7, 11) is 0. The molecule has 0 fully saturated rings. The third kappa shape index (κ3) is 3.42. The summed E-state index contributed by atoms with van der Waals surface area (Å²) in [5.74, 6) is -1.78. The smallest absolute Gasteiger partial charge is 0.296 e. The van der Waals surface area contributed by atoms with Crippen LogP contribution < -0.4 is 5.32 Å². The van der Waals surface area contributed by atoms with E-state index in [9.17, 15) is 14.0 Å². The summed E-state index contributed by atoms with van der Waals surface area (Å²) in [4.78, 5) is 24.9. The number of benzene rings is 2. The number of hydrogen-bond acceptors (Lipinski definition) is 2. The molecule has 2 aromatic carbocycles. The van der Waals surface area contributed by atoms with Gasteiger partial charge in [0, 0.05) is 28.3 Å². The molecule has 0 aliphatic rings. The number of rotatable bonds is 4. The van der Waals surface area contributed by atoms with E-state index in [0.717, 1.165) is 16.9 Å². The highest BCUT2D eigenvalue weighted by atomic mass is 19.1. The van der Waals surface area contributed by atoms with E-state index in [1.807, 2.05) is 49.6 Å². The van der Waals surface area contributed by atoms with Gasteiger partial charge in [0.25, 0.3) is 11.7 Å². The molecule has 0 radical (unpaired) electrons. The molecule has 0 saturated carbocycles. The molecule has 1 heterocycles. The van der Waals surface area contributed by atoms with Gasteiger partial charge in [-0.3, -0.25) is 9.59 Å². The van der Waals surface area contributed by atoms with Gasteiger partial charge in [-0.05, 0) is 63.2 Å². The van der Waals surface area contributed by atoms with Crippen LogP contribution in [0.1, 0.15) is 27.3 Å². The number of nitrogens with one attached hydrogen (secondary N) is 1. The average Bonchev–Trinajstić information content (AvgIpc) is 2.91. The van der Waals surface area contributed by atoms with Gasteiger partial charge in [0.05, 0.1) is 0 Å². The van der Waals surface area contributed by atoms with Crippen LogP contribution in [0.5, 0.6) is 0 Å². The van der Waals surface area contributed by atoms with Crippen molar-refractivity contribution in [1.29, 1.82) is 0 Å². The molecule has 4 nitrogen and oxygen atoms in total. The zero-order valence-electron chi connectivity index (χ0n) is 14.8. The molecule has 0 unspecified atom stereocenters. The number of carbonyl (C=O) groups excluding carboxylic acids is 2. The maximum absolute atomic E-state index is 13.0. The molecule has 0 saturated heterocycles. The monoisotopic (exact) mass is 350 g/mol. The van der Waals surface area contributed by atoms with Crippen LogP contribution >= 0.6 is 0 Å². The summed E-state index contributed by atoms with van der Waals surface area (Å²) in [5.41, 5.74) is 4.37. The molecule has 0 bridgehead atoms. The molecule has 1 N–H and O–H groups in total. The zero-order chi connectivity index (χ0) is 18.8. The number of ketones is 1. The predicted molar refractivity (Wildman–Crippen MR) is 99.3 cm³/mol. The van der Waals surface area contributed by atoms with Crippen molar-refractivity contribution >= 4 is 17.4 Å². The Labute approximate surface area is 151 Å². The highest BCUT2D eigenvalue weighted by Gasteiger charge is 2.22. The van der Waals surface area contributed by atoms with Crippen molar-refractivity contribution in [3.05, 3.63) is 82.9 Å². The van der Waals surface area contributed by atoms with Gasteiger partial charge in [0.1, 0.15) is 5.82 Å². The van der Waals surface area contributed by atoms with E-state index in [1.54, 1.807) is 6.07 Å². The largest absolute Gasteiger partial charge is 0.319 e. The average molecular weight is 350 g/mol. The highest BCUT2D eigenvalue weighted by molar-refractivity contribution is 6.46. The minimum Gasteiger partial charge on any atom is -0.319 e. The Balaban J connectivity index is 1.88. The Morgan fingerprint density at radius 3 is 2.15 bits per heavy atom. The normalized spacial score (nSPS) is 10.6. The summed E-state index contributed by atoms with van der Waals surface area (Å²) in [6, 6.07) is 14.9. The van der Waals surface area contributed by atoms with Crippen LogP contribution in [-0.4, -0.2) is 16.3 Å². The van der Waals surface area contributed by atoms with Gasteiger partial charge >= 0.3 is 0 Å². The van der Waals surface area contributed by atoms with E-state index in [2.05, 4.69) is 5.32 Å². The van der Waals surface area contributed by atoms with Crippen LogP contribution in [0.25, 0.3) is 5.69 Å². The van der Waals surface area contributed by atoms with Crippen molar-refractivity contribution < 1.29 is 14.0 Å². The van der Waals surface area contributed by atoms with Crippen molar-refractivity contribution in [3.8, 4) is 5.69 Å². The summed E-state index contributed by atoms with van der Waals surface area (Å²) < 4.78 is 14.9. The van der Waals surface area contributed by atoms with Crippen molar-refractivity contribution in [2.24, 2.45) is 0 Å². The standard InChI is InChI=1S/C21H19FN2O2/c1-13-4-10-18(11-5-13)24-14(2)12-19(15(24)3)20(25)21(26)23-17-8-6-16(22)7-9-17/h4-12H,1-3H3,(H,23,26). The minimum absolute atomic E-state index is 0.350. The maximum atomic E-state index is 13.0. The van der Waals surface area contributed by atoms with Crippen LogP contribution in [-0.2, 0) is 4.79 Å². The van der Waals surface area contributed by atoms with Crippen LogP contribution in [0, 0.1) is 26.6 Å². The fraction of sp³-hybridized carbons (Fsp3) is 0.143. The van der Waals surface area contributed by atoms with Gasteiger partial charge in [0.2, 0.25) is 0 Å². The second-order valence-electron chi connectivity index (χ2n) is 6.25. The lowest BCUT2D eigenvalue weighted by Crippen LogP contribution is -2.23. The zero-order valence-corrected chi connectivity index (χ0v) is 14.8. The molecule has 0 atom stereocenters. The van der Waals surface area contributed by atoms with Crippen molar-refractivity contribution in [2.75, 3.05) is 5.32 Å². The molecule has 5 heteroatoms. The van der Waals surface area contributed by atoms with Crippen LogP contribution in [0.4, 0.5) is 10.1 Å². The molecule has 26 heavy (non-hydrogen) atoms. The SMILES string of the molecule is Cc1ccc(-n2c(C)cc(C(=O)C(=O)Nc3ccc(F)cc3)c2C)cc1. The molecule has 0 aliphatic carbocycles. The summed E-state index contributed by atoms with van der Waals surface area (Å²) in [5, 5.41) is 2.51. The fourth-order valence-corrected chi connectivity index (χ4v) is 2.93. The van der Waals surface area contributed by atoms with E-state index in [1.165, 1.54) is 24.3 Å². The van der Waals surface area contributed by atoms with Crippen LogP contribution in [0.2, 0.25) is 0 Å². The number of aryl methyl sites for hydroxylation is 2. The first-order valence-electron chi connectivity index (χ1n) is 8.24. The van der Waals surface area contributed by atoms with Gasteiger partial charge in [-0.15, -0.1) is 0 Å². The third-order valence-corrected chi connectivity index (χ3v) is 4.28. The van der Waals surface area contributed by atoms with E-state index in [0.29, 0.717) is 16.9 Å². The third-order valence-electron chi connectivity index (χ3n) is 4.28. The second-order valence-corrected chi connectivity index (χ2v) is 6.25. The minimum atomic E-state index is -0.749. The molecule has 3 rings (SSSR count). The quantitative estimate of drug-likeness (QED) is 0.561. The van der Waals surface area contributed by atoms with Crippen molar-refractivity contribution in [2.45, 2.75) is 20.8 Å². The second kappa shape index (κ2) is 6.96. The Kier molecular flexibility index (Phi) is 4.71. The predicted octanol–water partition coefficient (Wildman–Crippen LogP) is 4.36. The lowest BCUT2D eigenvalue weighted by molar-refractivity contribution is -0.112. The lowest BCUT2D eigenvalue weighted by atomic mass is 10.1. The number of hydrogen-bond donors (Lipinski definition) is 1. The molecule has 1 aromatic heterocycles. The van der Waals surface area contributed by atoms with Gasteiger partial charge in [-0.1, -0.05) is 17.7 Å². The molecular formula is C21H19FN2O2. The van der Waals surface area contributed by atoms with E-state index in [-0.39, 0.29) is 0 Å². The number of aromatic nitrogens is 1. The fourth-order valence-electron chi connectivity index (χ4n) is 2.93. The number of amides is 1. The first kappa shape index (κ1) is 17.6.